The molecule has 0 atom stereocenters. The molecule has 0 radical (unpaired) electrons. The summed E-state index contributed by atoms with van der Waals surface area (Å²) in [5, 5.41) is 0. The molecule has 0 heteroatoms. The minimum absolute atomic E-state index is 1.09. The van der Waals surface area contributed by atoms with Crippen molar-refractivity contribution in [3.05, 3.63) is 22.3 Å². The summed E-state index contributed by atoms with van der Waals surface area (Å²) in [6.45, 7) is 0. The van der Waals surface area contributed by atoms with Gasteiger partial charge >= 0.3 is 0 Å². The molecule has 3 rings (SSSR count). The fourth-order valence-corrected chi connectivity index (χ4v) is 3.96. The molecule has 0 aromatic rings. The second kappa shape index (κ2) is 8.29. The lowest BCUT2D eigenvalue weighted by Crippen LogP contribution is -2.14. The fraction of sp³-hybridized carbons (Fsp3) is 0.636. The number of allylic oxidation sites excluding steroid dienone is 4. The molecule has 0 bridgehead atoms. The maximum absolute atomic E-state index is 3.36. The minimum Gasteiger partial charge on any atom is -0.103 e. The van der Waals surface area contributed by atoms with Crippen LogP contribution in [0.2, 0.25) is 0 Å². The average molecular weight is 292 g/mol. The molecule has 0 aromatic carbocycles. The minimum atomic E-state index is 1.09. The summed E-state index contributed by atoms with van der Waals surface area (Å²) >= 11 is 0. The first kappa shape index (κ1) is 15.5. The highest BCUT2D eigenvalue weighted by atomic mass is 14.3. The Morgan fingerprint density at radius 1 is 0.364 bits per heavy atom. The van der Waals surface area contributed by atoms with Crippen molar-refractivity contribution < 1.29 is 0 Å². The van der Waals surface area contributed by atoms with Crippen molar-refractivity contribution in [2.45, 2.75) is 89.9 Å². The van der Waals surface area contributed by atoms with Gasteiger partial charge in [0.05, 0.1) is 0 Å². The van der Waals surface area contributed by atoms with Gasteiger partial charge < -0.3 is 0 Å². The maximum Gasteiger partial charge on any atom is 0.00918 e. The average Bonchev–Trinajstić information content (AvgIpc) is 2.60. The van der Waals surface area contributed by atoms with Gasteiger partial charge in [0.1, 0.15) is 0 Å². The summed E-state index contributed by atoms with van der Waals surface area (Å²) in [5.41, 5.74) is 7.01. The molecule has 0 nitrogen and oxygen atoms in total. The second-order valence-electron chi connectivity index (χ2n) is 6.74. The Bertz CT molecular complexity index is 525. The largest absolute Gasteiger partial charge is 0.103 e. The predicted octanol–water partition coefficient (Wildman–Crippen LogP) is 6.09. The van der Waals surface area contributed by atoms with Gasteiger partial charge in [0.15, 0.2) is 0 Å². The zero-order chi connectivity index (χ0) is 15.0. The fourth-order valence-electron chi connectivity index (χ4n) is 3.96. The van der Waals surface area contributed by atoms with Gasteiger partial charge in [-0.25, -0.2) is 0 Å². The molecule has 0 heterocycles. The Morgan fingerprint density at radius 3 is 1.09 bits per heavy atom. The first-order chi connectivity index (χ1) is 11.0. The van der Waals surface area contributed by atoms with Gasteiger partial charge in [0.25, 0.3) is 0 Å². The van der Waals surface area contributed by atoms with Crippen molar-refractivity contribution in [3.8, 4) is 23.7 Å². The number of hydrogen-bond acceptors (Lipinski definition) is 0. The van der Waals surface area contributed by atoms with E-state index in [1.807, 2.05) is 0 Å². The Balaban J connectivity index is 1.74. The molecule has 3 aliphatic rings. The molecular formula is C22H28. The Hall–Kier alpha value is -1.40. The molecule has 0 unspecified atom stereocenters. The van der Waals surface area contributed by atoms with E-state index in [1.54, 1.807) is 22.3 Å². The molecule has 0 saturated heterocycles. The van der Waals surface area contributed by atoms with Gasteiger partial charge in [-0.05, 0) is 86.5 Å². The quantitative estimate of drug-likeness (QED) is 0.474. The molecule has 0 amide bonds. The lowest BCUT2D eigenvalue weighted by molar-refractivity contribution is 0.677. The highest BCUT2D eigenvalue weighted by Gasteiger charge is 2.27. The van der Waals surface area contributed by atoms with Gasteiger partial charge in [0, 0.05) is 25.7 Å². The van der Waals surface area contributed by atoms with Gasteiger partial charge in [-0.15, -0.1) is 23.7 Å². The van der Waals surface area contributed by atoms with E-state index < -0.39 is 0 Å². The molecule has 0 saturated carbocycles. The number of rotatable bonds is 0. The summed E-state index contributed by atoms with van der Waals surface area (Å²) in [5.74, 6) is 13.4. The van der Waals surface area contributed by atoms with Crippen LogP contribution in [-0.4, -0.2) is 0 Å². The van der Waals surface area contributed by atoms with Crippen LogP contribution in [0.4, 0.5) is 0 Å². The van der Waals surface area contributed by atoms with Gasteiger partial charge in [0.2, 0.25) is 0 Å². The zero-order valence-corrected chi connectivity index (χ0v) is 13.9. The smallest absolute Gasteiger partial charge is 0.00918 e. The van der Waals surface area contributed by atoms with Crippen LogP contribution in [-0.2, 0) is 0 Å². The lowest BCUT2D eigenvalue weighted by atomic mass is 9.72. The molecule has 116 valence electrons. The van der Waals surface area contributed by atoms with Gasteiger partial charge in [-0.2, -0.15) is 0 Å². The van der Waals surface area contributed by atoms with Crippen molar-refractivity contribution in [2.24, 2.45) is 0 Å². The Kier molecular flexibility index (Phi) is 5.84. The van der Waals surface area contributed by atoms with E-state index in [9.17, 15) is 0 Å². The summed E-state index contributed by atoms with van der Waals surface area (Å²) in [6, 6.07) is 0. The topological polar surface area (TPSA) is 0 Å². The number of hydrogen-bond donors (Lipinski definition) is 0. The summed E-state index contributed by atoms with van der Waals surface area (Å²) in [7, 11) is 0. The van der Waals surface area contributed by atoms with E-state index in [0.29, 0.717) is 0 Å². The van der Waals surface area contributed by atoms with Crippen LogP contribution in [0.25, 0.3) is 0 Å². The van der Waals surface area contributed by atoms with Crippen LogP contribution in [0.5, 0.6) is 0 Å². The molecule has 0 spiro atoms. The summed E-state index contributed by atoms with van der Waals surface area (Å²) < 4.78 is 0. The maximum atomic E-state index is 3.36. The van der Waals surface area contributed by atoms with Crippen LogP contribution >= 0.6 is 0 Å². The van der Waals surface area contributed by atoms with E-state index in [1.165, 1.54) is 64.2 Å². The summed E-state index contributed by atoms with van der Waals surface area (Å²) in [4.78, 5) is 0. The first-order valence-electron chi connectivity index (χ1n) is 9.33. The second-order valence-corrected chi connectivity index (χ2v) is 6.74. The Morgan fingerprint density at radius 2 is 0.682 bits per heavy atom. The molecule has 0 aliphatic heterocycles. The standard InChI is InChI=1S/C22H28/c1-3-7-11-15-19-20(16-12-8-4-1)22-18-14-10-6-2-5-9-13-17-21(19)22/h3,5,7-18H2. The van der Waals surface area contributed by atoms with Crippen LogP contribution in [0.15, 0.2) is 22.3 Å². The van der Waals surface area contributed by atoms with Crippen LogP contribution in [0.3, 0.4) is 0 Å². The third-order valence-electron chi connectivity index (χ3n) is 5.12. The normalized spacial score (nSPS) is 23.3. The predicted molar refractivity (Wildman–Crippen MR) is 94.2 cm³/mol. The zero-order valence-electron chi connectivity index (χ0n) is 13.9. The van der Waals surface area contributed by atoms with Crippen molar-refractivity contribution >= 4 is 0 Å². The van der Waals surface area contributed by atoms with Crippen molar-refractivity contribution in [1.82, 2.24) is 0 Å². The van der Waals surface area contributed by atoms with Gasteiger partial charge in [-0.1, -0.05) is 0 Å². The van der Waals surface area contributed by atoms with Crippen molar-refractivity contribution in [3.63, 3.8) is 0 Å². The third-order valence-corrected chi connectivity index (χ3v) is 5.12. The molecule has 22 heavy (non-hydrogen) atoms. The van der Waals surface area contributed by atoms with Crippen LogP contribution in [0, 0.1) is 23.7 Å². The number of fused-ring (bicyclic) bond motifs is 2. The Labute approximate surface area is 136 Å². The summed E-state index contributed by atoms with van der Waals surface area (Å²) in [6.07, 6.45) is 17.3. The molecular weight excluding hydrogens is 264 g/mol. The molecule has 0 N–H and O–H groups in total. The van der Waals surface area contributed by atoms with E-state index in [4.69, 9.17) is 0 Å². The van der Waals surface area contributed by atoms with E-state index >= 15 is 0 Å². The van der Waals surface area contributed by atoms with Crippen molar-refractivity contribution in [1.29, 1.82) is 0 Å². The van der Waals surface area contributed by atoms with E-state index in [2.05, 4.69) is 23.7 Å². The van der Waals surface area contributed by atoms with E-state index in [0.717, 1.165) is 25.7 Å². The monoisotopic (exact) mass is 292 g/mol. The highest BCUT2D eigenvalue weighted by molar-refractivity contribution is 5.59. The first-order valence-corrected chi connectivity index (χ1v) is 9.33. The van der Waals surface area contributed by atoms with Crippen molar-refractivity contribution in [2.75, 3.05) is 0 Å². The van der Waals surface area contributed by atoms with Gasteiger partial charge in [-0.3, -0.25) is 0 Å². The third kappa shape index (κ3) is 3.87. The molecule has 0 fully saturated rings. The highest BCUT2D eigenvalue weighted by Crippen LogP contribution is 2.45. The molecule has 3 aliphatic carbocycles. The molecule has 0 aromatic heterocycles. The van der Waals surface area contributed by atoms with Crippen LogP contribution in [0.1, 0.15) is 89.9 Å². The SMILES string of the molecule is C1#CCCCC2=C3CCCC#CCCCCC3=C2CCCC1. The lowest BCUT2D eigenvalue weighted by Gasteiger charge is -2.33. The van der Waals surface area contributed by atoms with E-state index in [-0.39, 0.29) is 0 Å². The van der Waals surface area contributed by atoms with Crippen LogP contribution < -0.4 is 0 Å².